The fourth-order valence-electron chi connectivity index (χ4n) is 3.84. The van der Waals surface area contributed by atoms with Crippen LogP contribution < -0.4 is 0 Å². The summed E-state index contributed by atoms with van der Waals surface area (Å²) in [5.41, 5.74) is 2.36. The largest absolute Gasteiger partial charge is 0.508 e. The average molecular weight is 535 g/mol. The van der Waals surface area contributed by atoms with Gasteiger partial charge in [-0.2, -0.15) is 0 Å². The number of aromatic hydroxyl groups is 3. The van der Waals surface area contributed by atoms with Crippen molar-refractivity contribution in [2.75, 3.05) is 0 Å². The van der Waals surface area contributed by atoms with Gasteiger partial charge in [-0.05, 0) is 65.5 Å². The SMILES string of the molecule is CC(C)(CC=O)c1ccccc1O.CC(C=O)CCc1ccccc1O.CC(CC=O)Cc1ccccc1O. The van der Waals surface area contributed by atoms with Crippen LogP contribution in [0.3, 0.4) is 0 Å². The van der Waals surface area contributed by atoms with Crippen molar-refractivity contribution in [1.82, 2.24) is 0 Å². The van der Waals surface area contributed by atoms with E-state index in [0.717, 1.165) is 54.8 Å². The number of hydrogen-bond acceptors (Lipinski definition) is 6. The molecular weight excluding hydrogens is 492 g/mol. The lowest BCUT2D eigenvalue weighted by Crippen LogP contribution is -2.17. The zero-order valence-corrected chi connectivity index (χ0v) is 23.4. The molecule has 0 aliphatic heterocycles. The van der Waals surface area contributed by atoms with Gasteiger partial charge in [0.15, 0.2) is 0 Å². The van der Waals surface area contributed by atoms with Gasteiger partial charge in [-0.15, -0.1) is 0 Å². The van der Waals surface area contributed by atoms with E-state index in [1.807, 2.05) is 64.1 Å². The van der Waals surface area contributed by atoms with E-state index in [2.05, 4.69) is 0 Å². The van der Waals surface area contributed by atoms with Gasteiger partial charge in [0, 0.05) is 18.8 Å². The Morgan fingerprint density at radius 1 is 0.718 bits per heavy atom. The van der Waals surface area contributed by atoms with Gasteiger partial charge in [0.25, 0.3) is 0 Å². The number of para-hydroxylation sites is 3. The van der Waals surface area contributed by atoms with Crippen molar-refractivity contribution in [3.63, 3.8) is 0 Å². The molecule has 3 N–H and O–H groups in total. The van der Waals surface area contributed by atoms with Crippen LogP contribution in [0.4, 0.5) is 0 Å². The van der Waals surface area contributed by atoms with Crippen molar-refractivity contribution in [2.45, 2.75) is 65.2 Å². The average Bonchev–Trinajstić information content (AvgIpc) is 2.90. The van der Waals surface area contributed by atoms with Crippen molar-refractivity contribution in [3.8, 4) is 17.2 Å². The first-order chi connectivity index (χ1) is 18.5. The van der Waals surface area contributed by atoms with E-state index in [9.17, 15) is 29.7 Å². The van der Waals surface area contributed by atoms with Crippen LogP contribution in [0.2, 0.25) is 0 Å². The number of carbonyl (C=O) groups is 3. The number of carbonyl (C=O) groups excluding carboxylic acids is 3. The third kappa shape index (κ3) is 12.4. The van der Waals surface area contributed by atoms with Crippen molar-refractivity contribution < 1.29 is 29.7 Å². The molecule has 0 aliphatic carbocycles. The van der Waals surface area contributed by atoms with Crippen LogP contribution in [0, 0.1) is 11.8 Å². The Bertz CT molecular complexity index is 1150. The van der Waals surface area contributed by atoms with Gasteiger partial charge >= 0.3 is 0 Å². The zero-order valence-electron chi connectivity index (χ0n) is 23.4. The zero-order chi connectivity index (χ0) is 29.3. The van der Waals surface area contributed by atoms with Crippen LogP contribution >= 0.6 is 0 Å². The summed E-state index contributed by atoms with van der Waals surface area (Å²) < 4.78 is 0. The molecule has 0 fully saturated rings. The number of aryl methyl sites for hydroxylation is 1. The number of aldehydes is 3. The Morgan fingerprint density at radius 2 is 1.23 bits per heavy atom. The smallest absolute Gasteiger partial charge is 0.122 e. The summed E-state index contributed by atoms with van der Waals surface area (Å²) in [4.78, 5) is 31.0. The van der Waals surface area contributed by atoms with Gasteiger partial charge < -0.3 is 29.7 Å². The molecule has 6 heteroatoms. The summed E-state index contributed by atoms with van der Waals surface area (Å²) in [5.74, 6) is 1.26. The minimum atomic E-state index is -0.285. The van der Waals surface area contributed by atoms with E-state index in [1.54, 1.807) is 36.4 Å². The Labute approximate surface area is 232 Å². The van der Waals surface area contributed by atoms with Crippen molar-refractivity contribution in [1.29, 1.82) is 0 Å². The number of hydrogen-bond donors (Lipinski definition) is 3. The van der Waals surface area contributed by atoms with Gasteiger partial charge in [-0.1, -0.05) is 82.3 Å². The van der Waals surface area contributed by atoms with Crippen molar-refractivity contribution in [2.24, 2.45) is 11.8 Å². The highest BCUT2D eigenvalue weighted by atomic mass is 16.3. The van der Waals surface area contributed by atoms with Gasteiger partial charge in [-0.3, -0.25) is 0 Å². The summed E-state index contributed by atoms with van der Waals surface area (Å²) in [6.45, 7) is 7.76. The molecule has 3 aromatic carbocycles. The maximum atomic E-state index is 10.4. The fourth-order valence-corrected chi connectivity index (χ4v) is 3.84. The van der Waals surface area contributed by atoms with Crippen LogP contribution in [-0.4, -0.2) is 34.2 Å². The third-order valence-electron chi connectivity index (χ3n) is 6.38. The minimum absolute atomic E-state index is 0.0691. The molecule has 0 heterocycles. The van der Waals surface area contributed by atoms with E-state index in [0.29, 0.717) is 30.3 Å². The first-order valence-corrected chi connectivity index (χ1v) is 13.2. The predicted octanol–water partition coefficient (Wildman–Crippen LogP) is 6.58. The Hall–Kier alpha value is -3.93. The number of rotatable bonds is 11. The van der Waals surface area contributed by atoms with E-state index < -0.39 is 0 Å². The van der Waals surface area contributed by atoms with Gasteiger partial charge in [-0.25, -0.2) is 0 Å². The second kappa shape index (κ2) is 17.6. The lowest BCUT2D eigenvalue weighted by Gasteiger charge is -2.23. The molecular formula is C33H42O6. The topological polar surface area (TPSA) is 112 Å². The molecule has 2 atom stereocenters. The number of benzene rings is 3. The molecule has 210 valence electrons. The van der Waals surface area contributed by atoms with Crippen molar-refractivity contribution in [3.05, 3.63) is 89.5 Å². The van der Waals surface area contributed by atoms with Crippen molar-refractivity contribution >= 4 is 18.9 Å². The summed E-state index contributed by atoms with van der Waals surface area (Å²) in [6.07, 6.45) is 6.02. The second-order valence-corrected chi connectivity index (χ2v) is 10.4. The maximum Gasteiger partial charge on any atom is 0.122 e. The van der Waals surface area contributed by atoms with Crippen LogP contribution in [-0.2, 0) is 32.6 Å². The molecule has 0 saturated heterocycles. The maximum absolute atomic E-state index is 10.4. The standard InChI is InChI=1S/3C11H14O2/c1-11(2,7-8-12)9-5-3-4-6-10(9)13;1-9(6-7-12)8-10-4-2-3-5-11(10)13;1-9(8-12)6-7-10-4-2-3-5-11(10)13/h3-6,8,13H,7H2,1-2H3;2-5,7,9,13H,6,8H2,1H3;2-5,8-9,13H,6-7H2,1H3. The van der Waals surface area contributed by atoms with Crippen LogP contribution in [0.5, 0.6) is 17.2 Å². The Kier molecular flexibility index (Phi) is 14.9. The molecule has 2 unspecified atom stereocenters. The molecule has 3 rings (SSSR count). The van der Waals surface area contributed by atoms with E-state index >= 15 is 0 Å². The predicted molar refractivity (Wildman–Crippen MR) is 155 cm³/mol. The molecule has 39 heavy (non-hydrogen) atoms. The van der Waals surface area contributed by atoms with E-state index in [1.165, 1.54) is 0 Å². The van der Waals surface area contributed by atoms with Crippen LogP contribution in [0.1, 0.15) is 63.6 Å². The summed E-state index contributed by atoms with van der Waals surface area (Å²) >= 11 is 0. The molecule has 0 aliphatic rings. The summed E-state index contributed by atoms with van der Waals surface area (Å²) in [5, 5.41) is 28.4. The molecule has 3 aromatic rings. The summed E-state index contributed by atoms with van der Waals surface area (Å²) in [7, 11) is 0. The molecule has 0 radical (unpaired) electrons. The molecule has 0 saturated carbocycles. The third-order valence-corrected chi connectivity index (χ3v) is 6.38. The number of phenols is 3. The normalized spacial score (nSPS) is 12.0. The molecule has 0 bridgehead atoms. The lowest BCUT2D eigenvalue weighted by molar-refractivity contribution is -0.111. The minimum Gasteiger partial charge on any atom is -0.508 e. The highest BCUT2D eigenvalue weighted by molar-refractivity contribution is 5.54. The Balaban J connectivity index is 0.000000292. The number of phenolic OH excluding ortho intramolecular Hbond substituents is 3. The van der Waals surface area contributed by atoms with E-state index in [4.69, 9.17) is 0 Å². The lowest BCUT2D eigenvalue weighted by atomic mass is 9.81. The van der Waals surface area contributed by atoms with Gasteiger partial charge in [0.05, 0.1) is 0 Å². The summed E-state index contributed by atoms with van der Waals surface area (Å²) in [6, 6.07) is 21.6. The fraction of sp³-hybridized carbons (Fsp3) is 0.364. The molecule has 0 spiro atoms. The molecule has 0 amide bonds. The first-order valence-electron chi connectivity index (χ1n) is 13.2. The Morgan fingerprint density at radius 3 is 1.72 bits per heavy atom. The van der Waals surface area contributed by atoms with Crippen LogP contribution in [0.25, 0.3) is 0 Å². The van der Waals surface area contributed by atoms with Gasteiger partial charge in [0.1, 0.15) is 36.1 Å². The monoisotopic (exact) mass is 534 g/mol. The highest BCUT2D eigenvalue weighted by Crippen LogP contribution is 2.32. The van der Waals surface area contributed by atoms with E-state index in [-0.39, 0.29) is 17.1 Å². The molecule has 6 nitrogen and oxygen atoms in total. The van der Waals surface area contributed by atoms with Crippen LogP contribution in [0.15, 0.2) is 72.8 Å². The second-order valence-electron chi connectivity index (χ2n) is 10.4. The highest BCUT2D eigenvalue weighted by Gasteiger charge is 2.22. The van der Waals surface area contributed by atoms with Gasteiger partial charge in [0.2, 0.25) is 0 Å². The quantitative estimate of drug-likeness (QED) is 0.240. The first kappa shape index (κ1) is 33.1. The molecule has 0 aromatic heterocycles.